The van der Waals surface area contributed by atoms with Crippen molar-refractivity contribution in [2.75, 3.05) is 11.0 Å². The van der Waals surface area contributed by atoms with Crippen molar-refractivity contribution in [3.8, 4) is 5.75 Å². The van der Waals surface area contributed by atoms with E-state index < -0.39 is 9.92 Å². The lowest BCUT2D eigenvalue weighted by molar-refractivity contribution is 0.478. The van der Waals surface area contributed by atoms with E-state index in [4.69, 9.17) is 4.78 Å². The molecule has 1 aromatic rings. The van der Waals surface area contributed by atoms with Crippen molar-refractivity contribution in [1.82, 2.24) is 0 Å². The zero-order valence-corrected chi connectivity index (χ0v) is 9.28. The summed E-state index contributed by atoms with van der Waals surface area (Å²) in [6, 6.07) is 4.67. The maximum absolute atomic E-state index is 11.0. The van der Waals surface area contributed by atoms with Crippen molar-refractivity contribution < 1.29 is 9.32 Å². The third-order valence-electron chi connectivity index (χ3n) is 1.26. The molecule has 1 aromatic carbocycles. The van der Waals surface area contributed by atoms with Crippen molar-refractivity contribution in [3.05, 3.63) is 22.7 Å². The minimum Gasteiger partial charge on any atom is -0.506 e. The molecule has 4 nitrogen and oxygen atoms in total. The van der Waals surface area contributed by atoms with E-state index in [9.17, 15) is 9.32 Å². The van der Waals surface area contributed by atoms with Gasteiger partial charge in [-0.3, -0.25) is 4.72 Å². The van der Waals surface area contributed by atoms with E-state index in [0.29, 0.717) is 0 Å². The Morgan fingerprint density at radius 1 is 1.62 bits per heavy atom. The van der Waals surface area contributed by atoms with Gasteiger partial charge in [-0.05, 0) is 18.2 Å². The Hall–Kier alpha value is -0.750. The molecule has 13 heavy (non-hydrogen) atoms. The average molecular weight is 265 g/mol. The first-order chi connectivity index (χ1) is 5.88. The van der Waals surface area contributed by atoms with Gasteiger partial charge in [-0.25, -0.2) is 8.99 Å². The zero-order chi connectivity index (χ0) is 10.1. The maximum atomic E-state index is 11.0. The fourth-order valence-corrected chi connectivity index (χ4v) is 1.74. The fourth-order valence-electron chi connectivity index (χ4n) is 0.800. The Morgan fingerprint density at radius 3 is 2.77 bits per heavy atom. The number of hydrogen-bond acceptors (Lipinski definition) is 3. The number of nitrogens with one attached hydrogen (secondary N) is 2. The van der Waals surface area contributed by atoms with Crippen LogP contribution in [-0.2, 0) is 9.92 Å². The van der Waals surface area contributed by atoms with Crippen molar-refractivity contribution in [2.24, 2.45) is 0 Å². The molecule has 0 fully saturated rings. The normalized spacial score (nSPS) is 14.9. The first kappa shape index (κ1) is 10.3. The van der Waals surface area contributed by atoms with Crippen LogP contribution >= 0.6 is 15.9 Å². The SMILES string of the molecule is CS(=N)(=O)Nc1cc(Br)ccc1O. The number of hydrogen-bond donors (Lipinski definition) is 3. The highest BCUT2D eigenvalue weighted by Gasteiger charge is 2.04. The van der Waals surface area contributed by atoms with Crippen LogP contribution in [0.2, 0.25) is 0 Å². The summed E-state index contributed by atoms with van der Waals surface area (Å²) < 4.78 is 21.3. The third-order valence-corrected chi connectivity index (χ3v) is 2.37. The molecule has 1 atom stereocenters. The van der Waals surface area contributed by atoms with Gasteiger partial charge in [-0.2, -0.15) is 0 Å². The first-order valence-corrected chi connectivity index (χ1v) is 6.14. The lowest BCUT2D eigenvalue weighted by Crippen LogP contribution is -2.07. The lowest BCUT2D eigenvalue weighted by Gasteiger charge is -2.07. The summed E-state index contributed by atoms with van der Waals surface area (Å²) >= 11 is 3.20. The Bertz CT molecular complexity index is 417. The quantitative estimate of drug-likeness (QED) is 0.717. The zero-order valence-electron chi connectivity index (χ0n) is 6.87. The van der Waals surface area contributed by atoms with Gasteiger partial charge in [-0.1, -0.05) is 15.9 Å². The molecule has 0 aliphatic rings. The van der Waals surface area contributed by atoms with Crippen LogP contribution in [0.25, 0.3) is 0 Å². The van der Waals surface area contributed by atoms with E-state index in [-0.39, 0.29) is 11.4 Å². The average Bonchev–Trinajstić information content (AvgIpc) is 1.94. The second-order valence-electron chi connectivity index (χ2n) is 2.61. The van der Waals surface area contributed by atoms with Gasteiger partial charge in [0.2, 0.25) is 0 Å². The van der Waals surface area contributed by atoms with Gasteiger partial charge in [0.1, 0.15) is 15.7 Å². The van der Waals surface area contributed by atoms with Crippen LogP contribution in [0.4, 0.5) is 5.69 Å². The molecule has 6 heteroatoms. The maximum Gasteiger partial charge on any atom is 0.139 e. The second kappa shape index (κ2) is 3.55. The summed E-state index contributed by atoms with van der Waals surface area (Å²) in [5.41, 5.74) is 0.289. The molecule has 1 rings (SSSR count). The van der Waals surface area contributed by atoms with Gasteiger partial charge in [0.25, 0.3) is 0 Å². The topological polar surface area (TPSA) is 73.2 Å². The summed E-state index contributed by atoms with van der Waals surface area (Å²) in [5.74, 6) is -0.0231. The number of halogens is 1. The summed E-state index contributed by atoms with van der Waals surface area (Å²) in [6.07, 6.45) is 1.24. The molecule has 0 amide bonds. The van der Waals surface area contributed by atoms with Gasteiger partial charge in [-0.15, -0.1) is 0 Å². The Kier molecular flexibility index (Phi) is 2.82. The van der Waals surface area contributed by atoms with Crippen LogP contribution in [0.15, 0.2) is 22.7 Å². The molecule has 72 valence electrons. The summed E-state index contributed by atoms with van der Waals surface area (Å²) in [7, 11) is -2.85. The van der Waals surface area contributed by atoms with Gasteiger partial charge in [0.15, 0.2) is 0 Å². The Labute approximate surface area is 85.2 Å². The van der Waals surface area contributed by atoms with Gasteiger partial charge >= 0.3 is 0 Å². The highest BCUT2D eigenvalue weighted by molar-refractivity contribution is 9.10. The standard InChI is InChI=1S/C7H9BrN2O2S/c1-13(9,12)10-6-4-5(8)2-3-7(6)11/h2-4,11H,1H3,(H2,9,10,12). The van der Waals surface area contributed by atoms with Gasteiger partial charge in [0, 0.05) is 10.7 Å². The van der Waals surface area contributed by atoms with Gasteiger partial charge < -0.3 is 5.11 Å². The highest BCUT2D eigenvalue weighted by Crippen LogP contribution is 2.27. The minimum atomic E-state index is -2.85. The lowest BCUT2D eigenvalue weighted by atomic mass is 10.3. The number of aromatic hydroxyl groups is 1. The first-order valence-electron chi connectivity index (χ1n) is 3.38. The second-order valence-corrected chi connectivity index (χ2v) is 5.41. The third kappa shape index (κ3) is 3.23. The van der Waals surface area contributed by atoms with E-state index in [2.05, 4.69) is 20.7 Å². The molecule has 1 unspecified atom stereocenters. The van der Waals surface area contributed by atoms with Crippen molar-refractivity contribution in [2.45, 2.75) is 0 Å². The molecule has 0 spiro atoms. The molecule has 0 aromatic heterocycles. The van der Waals surface area contributed by atoms with Crippen LogP contribution in [0.5, 0.6) is 5.75 Å². The molecule has 0 aliphatic heterocycles. The van der Waals surface area contributed by atoms with Crippen LogP contribution in [-0.4, -0.2) is 15.6 Å². The molecule has 0 heterocycles. The number of rotatable bonds is 2. The minimum absolute atomic E-state index is 0.0231. The smallest absolute Gasteiger partial charge is 0.139 e. The molecule has 3 N–H and O–H groups in total. The monoisotopic (exact) mass is 264 g/mol. The molecule has 0 saturated carbocycles. The van der Waals surface area contributed by atoms with Gasteiger partial charge in [0.05, 0.1) is 5.69 Å². The number of phenolic OH excluding ortho intramolecular Hbond substituents is 1. The van der Waals surface area contributed by atoms with Crippen LogP contribution in [0, 0.1) is 4.78 Å². The molecule has 0 aliphatic carbocycles. The van der Waals surface area contributed by atoms with E-state index >= 15 is 0 Å². The van der Waals surface area contributed by atoms with Crippen LogP contribution < -0.4 is 4.72 Å². The predicted octanol–water partition coefficient (Wildman–Crippen LogP) is 2.16. The summed E-state index contributed by atoms with van der Waals surface area (Å²) in [4.78, 5) is 0. The summed E-state index contributed by atoms with van der Waals surface area (Å²) in [6.45, 7) is 0. The number of anilines is 1. The molecule has 0 saturated heterocycles. The number of benzene rings is 1. The molecule has 0 radical (unpaired) electrons. The Balaban J connectivity index is 3.08. The highest BCUT2D eigenvalue weighted by atomic mass is 79.9. The van der Waals surface area contributed by atoms with E-state index in [1.54, 1.807) is 12.1 Å². The predicted molar refractivity (Wildman–Crippen MR) is 56.2 cm³/mol. The largest absolute Gasteiger partial charge is 0.506 e. The van der Waals surface area contributed by atoms with E-state index in [0.717, 1.165) is 4.47 Å². The van der Waals surface area contributed by atoms with Crippen LogP contribution in [0.1, 0.15) is 0 Å². The molecule has 0 bridgehead atoms. The number of phenols is 1. The summed E-state index contributed by atoms with van der Waals surface area (Å²) in [5, 5.41) is 9.31. The van der Waals surface area contributed by atoms with E-state index in [1.165, 1.54) is 12.3 Å². The molecular formula is C7H9BrN2O2S. The van der Waals surface area contributed by atoms with Crippen molar-refractivity contribution in [1.29, 1.82) is 4.78 Å². The molecular weight excluding hydrogens is 256 g/mol. The fraction of sp³-hybridized carbons (Fsp3) is 0.143. The van der Waals surface area contributed by atoms with Crippen LogP contribution in [0.3, 0.4) is 0 Å². The van der Waals surface area contributed by atoms with Crippen molar-refractivity contribution >= 4 is 31.5 Å². The Morgan fingerprint density at radius 2 is 2.23 bits per heavy atom. The van der Waals surface area contributed by atoms with E-state index in [1.807, 2.05) is 0 Å². The van der Waals surface area contributed by atoms with Crippen molar-refractivity contribution in [3.63, 3.8) is 0 Å².